The topological polar surface area (TPSA) is 56.1 Å². The minimum Gasteiger partial charge on any atom is -0.380 e. The van der Waals surface area contributed by atoms with E-state index in [0.717, 1.165) is 23.4 Å². The van der Waals surface area contributed by atoms with Crippen molar-refractivity contribution in [1.29, 1.82) is 0 Å². The highest BCUT2D eigenvalue weighted by Crippen LogP contribution is 2.22. The first kappa shape index (κ1) is 17.5. The van der Waals surface area contributed by atoms with Crippen LogP contribution >= 0.6 is 0 Å². The van der Waals surface area contributed by atoms with Gasteiger partial charge in [-0.1, -0.05) is 32.9 Å². The first-order chi connectivity index (χ1) is 10.8. The fourth-order valence-electron chi connectivity index (χ4n) is 2.44. The Morgan fingerprint density at radius 2 is 2.04 bits per heavy atom. The summed E-state index contributed by atoms with van der Waals surface area (Å²) in [6.07, 6.45) is 0. The van der Waals surface area contributed by atoms with E-state index in [4.69, 9.17) is 9.72 Å². The van der Waals surface area contributed by atoms with Crippen LogP contribution in [0.1, 0.15) is 46.5 Å². The fourth-order valence-corrected chi connectivity index (χ4v) is 2.44. The van der Waals surface area contributed by atoms with Crippen LogP contribution in [-0.4, -0.2) is 28.7 Å². The van der Waals surface area contributed by atoms with Crippen LogP contribution in [0.3, 0.4) is 0 Å². The maximum Gasteiger partial charge on any atom is 0.225 e. The molecule has 0 radical (unpaired) electrons. The number of fused-ring (bicyclic) bond motifs is 1. The molecule has 0 aliphatic rings. The summed E-state index contributed by atoms with van der Waals surface area (Å²) in [6, 6.07) is 7.87. The number of carbonyl (C=O) groups is 1. The average molecular weight is 317 g/mol. The van der Waals surface area contributed by atoms with Crippen molar-refractivity contribution in [2.45, 2.75) is 47.2 Å². The lowest BCUT2D eigenvalue weighted by molar-refractivity contribution is -0.129. The zero-order chi connectivity index (χ0) is 17.0. The molecular weight excluding hydrogens is 290 g/mol. The van der Waals surface area contributed by atoms with Crippen LogP contribution in [0.2, 0.25) is 0 Å². The van der Waals surface area contributed by atoms with Gasteiger partial charge in [-0.2, -0.15) is 0 Å². The number of hydrogen-bond donors (Lipinski definition) is 1. The average Bonchev–Trinajstić information content (AvgIpc) is 2.85. The third kappa shape index (κ3) is 4.10. The third-order valence-electron chi connectivity index (χ3n) is 3.76. The summed E-state index contributed by atoms with van der Waals surface area (Å²) < 4.78 is 7.63. The molecule has 1 amide bonds. The SMILES string of the molecule is CCOCCn1c(C(C)NC(=O)C(C)(C)C)nc2ccccc21. The van der Waals surface area contributed by atoms with Gasteiger partial charge in [0.25, 0.3) is 0 Å². The molecule has 1 unspecified atom stereocenters. The largest absolute Gasteiger partial charge is 0.380 e. The van der Waals surface area contributed by atoms with Crippen LogP contribution in [-0.2, 0) is 16.1 Å². The Morgan fingerprint density at radius 3 is 2.70 bits per heavy atom. The van der Waals surface area contributed by atoms with Gasteiger partial charge >= 0.3 is 0 Å². The second kappa shape index (κ2) is 7.13. The normalized spacial score (nSPS) is 13.3. The van der Waals surface area contributed by atoms with Gasteiger partial charge < -0.3 is 14.6 Å². The maximum atomic E-state index is 12.3. The molecule has 1 aromatic carbocycles. The zero-order valence-corrected chi connectivity index (χ0v) is 14.7. The molecule has 0 spiro atoms. The molecule has 1 N–H and O–H groups in total. The predicted octanol–water partition coefficient (Wildman–Crippen LogP) is 3.30. The van der Waals surface area contributed by atoms with E-state index in [1.54, 1.807) is 0 Å². The molecule has 1 atom stereocenters. The number of benzene rings is 1. The number of amides is 1. The molecule has 0 bridgehead atoms. The summed E-state index contributed by atoms with van der Waals surface area (Å²) in [6.45, 7) is 11.7. The molecule has 2 aromatic rings. The van der Waals surface area contributed by atoms with Crippen molar-refractivity contribution in [3.05, 3.63) is 30.1 Å². The van der Waals surface area contributed by atoms with Gasteiger partial charge in [0.15, 0.2) is 0 Å². The number of hydrogen-bond acceptors (Lipinski definition) is 3. The van der Waals surface area contributed by atoms with Crippen molar-refractivity contribution in [3.63, 3.8) is 0 Å². The van der Waals surface area contributed by atoms with Crippen molar-refractivity contribution in [2.24, 2.45) is 5.41 Å². The lowest BCUT2D eigenvalue weighted by Crippen LogP contribution is -2.37. The van der Waals surface area contributed by atoms with Crippen molar-refractivity contribution in [2.75, 3.05) is 13.2 Å². The Labute approximate surface area is 138 Å². The van der Waals surface area contributed by atoms with Crippen LogP contribution in [0.5, 0.6) is 0 Å². The van der Waals surface area contributed by atoms with Gasteiger partial charge in [-0.3, -0.25) is 4.79 Å². The van der Waals surface area contributed by atoms with Gasteiger partial charge in [-0.15, -0.1) is 0 Å². The zero-order valence-electron chi connectivity index (χ0n) is 14.7. The van der Waals surface area contributed by atoms with Crippen LogP contribution in [0.25, 0.3) is 11.0 Å². The van der Waals surface area contributed by atoms with E-state index < -0.39 is 5.41 Å². The smallest absolute Gasteiger partial charge is 0.225 e. The fraction of sp³-hybridized carbons (Fsp3) is 0.556. The van der Waals surface area contributed by atoms with Crippen molar-refractivity contribution in [1.82, 2.24) is 14.9 Å². The molecule has 23 heavy (non-hydrogen) atoms. The molecule has 0 aliphatic carbocycles. The van der Waals surface area contributed by atoms with E-state index >= 15 is 0 Å². The summed E-state index contributed by atoms with van der Waals surface area (Å²) in [4.78, 5) is 17.0. The highest BCUT2D eigenvalue weighted by atomic mass is 16.5. The van der Waals surface area contributed by atoms with Gasteiger partial charge in [-0.05, 0) is 26.0 Å². The van der Waals surface area contributed by atoms with E-state index in [9.17, 15) is 4.79 Å². The highest BCUT2D eigenvalue weighted by Gasteiger charge is 2.25. The summed E-state index contributed by atoms with van der Waals surface area (Å²) in [5, 5.41) is 3.06. The molecule has 5 nitrogen and oxygen atoms in total. The number of rotatable bonds is 6. The summed E-state index contributed by atoms with van der Waals surface area (Å²) in [7, 11) is 0. The highest BCUT2D eigenvalue weighted by molar-refractivity contribution is 5.82. The van der Waals surface area contributed by atoms with Crippen molar-refractivity contribution >= 4 is 16.9 Å². The summed E-state index contributed by atoms with van der Waals surface area (Å²) in [5.74, 6) is 0.886. The van der Waals surface area contributed by atoms with Gasteiger partial charge in [-0.25, -0.2) is 4.98 Å². The molecule has 0 saturated heterocycles. The van der Waals surface area contributed by atoms with Crippen LogP contribution in [0, 0.1) is 5.41 Å². The first-order valence-corrected chi connectivity index (χ1v) is 8.18. The monoisotopic (exact) mass is 317 g/mol. The molecule has 2 rings (SSSR count). The second-order valence-electron chi connectivity index (χ2n) is 6.75. The number of para-hydroxylation sites is 2. The molecule has 0 saturated carbocycles. The Hall–Kier alpha value is -1.88. The number of imidazole rings is 1. The van der Waals surface area contributed by atoms with E-state index in [2.05, 4.69) is 16.0 Å². The van der Waals surface area contributed by atoms with E-state index in [0.29, 0.717) is 13.2 Å². The molecule has 5 heteroatoms. The third-order valence-corrected chi connectivity index (χ3v) is 3.76. The van der Waals surface area contributed by atoms with E-state index in [-0.39, 0.29) is 11.9 Å². The Kier molecular flexibility index (Phi) is 5.42. The van der Waals surface area contributed by atoms with Gasteiger partial charge in [0, 0.05) is 18.6 Å². The number of ether oxygens (including phenoxy) is 1. The standard InChI is InChI=1S/C18H27N3O2/c1-6-23-12-11-21-15-10-8-7-9-14(15)20-16(21)13(2)19-17(22)18(3,4)5/h7-10,13H,6,11-12H2,1-5H3,(H,19,22). The Balaban J connectivity index is 2.30. The van der Waals surface area contributed by atoms with Gasteiger partial charge in [0.1, 0.15) is 5.82 Å². The number of aromatic nitrogens is 2. The summed E-state index contributed by atoms with van der Waals surface area (Å²) >= 11 is 0. The summed E-state index contributed by atoms with van der Waals surface area (Å²) in [5.41, 5.74) is 1.59. The van der Waals surface area contributed by atoms with Crippen molar-refractivity contribution < 1.29 is 9.53 Å². The number of nitrogens with one attached hydrogen (secondary N) is 1. The Bertz CT molecular complexity index is 670. The van der Waals surface area contributed by atoms with Crippen LogP contribution in [0.15, 0.2) is 24.3 Å². The molecule has 1 aromatic heterocycles. The quantitative estimate of drug-likeness (QED) is 0.832. The van der Waals surface area contributed by atoms with Gasteiger partial charge in [0.05, 0.1) is 23.7 Å². The van der Waals surface area contributed by atoms with Crippen LogP contribution < -0.4 is 5.32 Å². The van der Waals surface area contributed by atoms with Crippen LogP contribution in [0.4, 0.5) is 0 Å². The lowest BCUT2D eigenvalue weighted by Gasteiger charge is -2.22. The molecule has 126 valence electrons. The number of nitrogens with zero attached hydrogens (tertiary/aromatic N) is 2. The minimum absolute atomic E-state index is 0.0217. The number of carbonyl (C=O) groups excluding carboxylic acids is 1. The minimum atomic E-state index is -0.420. The van der Waals surface area contributed by atoms with E-state index in [1.165, 1.54) is 0 Å². The lowest BCUT2D eigenvalue weighted by atomic mass is 9.95. The molecular formula is C18H27N3O2. The van der Waals surface area contributed by atoms with E-state index in [1.807, 2.05) is 52.8 Å². The maximum absolute atomic E-state index is 12.3. The van der Waals surface area contributed by atoms with Gasteiger partial charge in [0.2, 0.25) is 5.91 Å². The molecule has 0 aliphatic heterocycles. The Morgan fingerprint density at radius 1 is 1.35 bits per heavy atom. The molecule has 0 fully saturated rings. The second-order valence-corrected chi connectivity index (χ2v) is 6.75. The first-order valence-electron chi connectivity index (χ1n) is 8.18. The molecule has 1 heterocycles. The van der Waals surface area contributed by atoms with Crippen molar-refractivity contribution in [3.8, 4) is 0 Å². The predicted molar refractivity (Wildman–Crippen MR) is 92.2 cm³/mol.